The standard InChI is InChI=1S/C15H14ClFN2O2/c1-10(11-6-3-4-7-12(11)16)18(2)14-9-5-8-13(17)15(14)19(20)21/h3-10H,1-2H3. The Labute approximate surface area is 126 Å². The quantitative estimate of drug-likeness (QED) is 0.613. The van der Waals surface area contributed by atoms with Crippen molar-refractivity contribution in [3.63, 3.8) is 0 Å². The Balaban J connectivity index is 2.46. The first-order valence-electron chi connectivity index (χ1n) is 6.33. The number of nitrogens with zero attached hydrogens (tertiary/aromatic N) is 2. The molecule has 0 saturated heterocycles. The molecule has 1 unspecified atom stereocenters. The molecule has 0 aliphatic rings. The van der Waals surface area contributed by atoms with Crippen LogP contribution in [0.4, 0.5) is 15.8 Å². The zero-order valence-corrected chi connectivity index (χ0v) is 12.3. The van der Waals surface area contributed by atoms with E-state index in [0.29, 0.717) is 5.02 Å². The molecule has 0 heterocycles. The van der Waals surface area contributed by atoms with Gasteiger partial charge in [0.05, 0.1) is 11.0 Å². The van der Waals surface area contributed by atoms with Crippen LogP contribution in [0.5, 0.6) is 0 Å². The monoisotopic (exact) mass is 308 g/mol. The summed E-state index contributed by atoms with van der Waals surface area (Å²) in [4.78, 5) is 12.0. The number of rotatable bonds is 4. The first kappa shape index (κ1) is 15.3. The van der Waals surface area contributed by atoms with E-state index in [4.69, 9.17) is 11.6 Å². The van der Waals surface area contributed by atoms with Crippen molar-refractivity contribution >= 4 is 23.0 Å². The van der Waals surface area contributed by atoms with Crippen LogP contribution in [0.2, 0.25) is 5.02 Å². The van der Waals surface area contributed by atoms with E-state index in [1.165, 1.54) is 12.1 Å². The van der Waals surface area contributed by atoms with Crippen LogP contribution in [0.25, 0.3) is 0 Å². The van der Waals surface area contributed by atoms with Gasteiger partial charge in [0, 0.05) is 12.1 Å². The molecule has 0 aromatic heterocycles. The second kappa shape index (κ2) is 6.10. The van der Waals surface area contributed by atoms with Gasteiger partial charge in [-0.3, -0.25) is 10.1 Å². The Kier molecular flexibility index (Phi) is 4.43. The van der Waals surface area contributed by atoms with Gasteiger partial charge >= 0.3 is 5.69 Å². The van der Waals surface area contributed by atoms with Crippen LogP contribution >= 0.6 is 11.6 Å². The first-order chi connectivity index (χ1) is 9.93. The highest BCUT2D eigenvalue weighted by molar-refractivity contribution is 6.31. The molecule has 2 rings (SSSR count). The Bertz CT molecular complexity index is 678. The molecule has 110 valence electrons. The largest absolute Gasteiger partial charge is 0.362 e. The maximum absolute atomic E-state index is 13.7. The summed E-state index contributed by atoms with van der Waals surface area (Å²) in [6.07, 6.45) is 0. The lowest BCUT2D eigenvalue weighted by Gasteiger charge is -2.27. The van der Waals surface area contributed by atoms with Crippen LogP contribution in [0.15, 0.2) is 42.5 Å². The van der Waals surface area contributed by atoms with Gasteiger partial charge in [-0.1, -0.05) is 35.9 Å². The molecule has 1 atom stereocenters. The summed E-state index contributed by atoms with van der Waals surface area (Å²) in [5.74, 6) is -0.851. The number of benzene rings is 2. The van der Waals surface area contributed by atoms with Gasteiger partial charge in [-0.2, -0.15) is 4.39 Å². The zero-order chi connectivity index (χ0) is 15.6. The minimum atomic E-state index is -0.851. The summed E-state index contributed by atoms with van der Waals surface area (Å²) >= 11 is 6.15. The number of hydrogen-bond donors (Lipinski definition) is 0. The van der Waals surface area contributed by atoms with Crippen molar-refractivity contribution in [2.24, 2.45) is 0 Å². The topological polar surface area (TPSA) is 46.4 Å². The molecular formula is C15H14ClFN2O2. The van der Waals surface area contributed by atoms with Crippen molar-refractivity contribution in [2.45, 2.75) is 13.0 Å². The summed E-state index contributed by atoms with van der Waals surface area (Å²) in [7, 11) is 1.68. The molecule has 4 nitrogen and oxygen atoms in total. The molecule has 0 N–H and O–H groups in total. The molecule has 21 heavy (non-hydrogen) atoms. The Morgan fingerprint density at radius 1 is 1.24 bits per heavy atom. The normalized spacial score (nSPS) is 12.0. The number of para-hydroxylation sites is 1. The van der Waals surface area contributed by atoms with Crippen molar-refractivity contribution in [1.82, 2.24) is 0 Å². The second-order valence-corrected chi connectivity index (χ2v) is 5.08. The number of halogens is 2. The highest BCUT2D eigenvalue weighted by Crippen LogP contribution is 2.36. The predicted octanol–water partition coefficient (Wildman–Crippen LogP) is 4.58. The molecule has 0 radical (unpaired) electrons. The van der Waals surface area contributed by atoms with Crippen molar-refractivity contribution in [2.75, 3.05) is 11.9 Å². The molecule has 0 aliphatic carbocycles. The molecule has 2 aromatic carbocycles. The molecule has 0 bridgehead atoms. The van der Waals surface area contributed by atoms with E-state index in [1.54, 1.807) is 18.0 Å². The van der Waals surface area contributed by atoms with Gasteiger partial charge in [-0.05, 0) is 30.7 Å². The van der Waals surface area contributed by atoms with Crippen LogP contribution in [0.3, 0.4) is 0 Å². The molecule has 6 heteroatoms. The van der Waals surface area contributed by atoms with Crippen LogP contribution in [-0.4, -0.2) is 12.0 Å². The molecule has 2 aromatic rings. The lowest BCUT2D eigenvalue weighted by Crippen LogP contribution is -2.23. The molecule has 0 saturated carbocycles. The second-order valence-electron chi connectivity index (χ2n) is 4.67. The van der Waals surface area contributed by atoms with E-state index in [-0.39, 0.29) is 11.7 Å². The number of anilines is 1. The average molecular weight is 309 g/mol. The molecule has 0 spiro atoms. The number of nitro groups is 1. The van der Waals surface area contributed by atoms with Crippen molar-refractivity contribution in [1.29, 1.82) is 0 Å². The maximum atomic E-state index is 13.7. The highest BCUT2D eigenvalue weighted by Gasteiger charge is 2.25. The van der Waals surface area contributed by atoms with Gasteiger partial charge < -0.3 is 4.90 Å². The van der Waals surface area contributed by atoms with E-state index in [9.17, 15) is 14.5 Å². The molecule has 0 aliphatic heterocycles. The minimum Gasteiger partial charge on any atom is -0.362 e. The summed E-state index contributed by atoms with van der Waals surface area (Å²) in [6.45, 7) is 1.86. The summed E-state index contributed by atoms with van der Waals surface area (Å²) < 4.78 is 13.7. The predicted molar refractivity (Wildman–Crippen MR) is 81.3 cm³/mol. The van der Waals surface area contributed by atoms with E-state index >= 15 is 0 Å². The maximum Gasteiger partial charge on any atom is 0.327 e. The van der Waals surface area contributed by atoms with Gasteiger partial charge in [0.2, 0.25) is 5.82 Å². The van der Waals surface area contributed by atoms with Crippen LogP contribution < -0.4 is 4.90 Å². The fraction of sp³-hybridized carbons (Fsp3) is 0.200. The van der Waals surface area contributed by atoms with E-state index in [2.05, 4.69) is 0 Å². The van der Waals surface area contributed by atoms with Crippen LogP contribution in [-0.2, 0) is 0 Å². The lowest BCUT2D eigenvalue weighted by molar-refractivity contribution is -0.386. The van der Waals surface area contributed by atoms with Gasteiger partial charge in [-0.15, -0.1) is 0 Å². The summed E-state index contributed by atoms with van der Waals surface area (Å²) in [5.41, 5.74) is 0.506. The third kappa shape index (κ3) is 2.97. The fourth-order valence-corrected chi connectivity index (χ4v) is 2.49. The number of hydrogen-bond acceptors (Lipinski definition) is 3. The average Bonchev–Trinajstić information content (AvgIpc) is 2.45. The minimum absolute atomic E-state index is 0.215. The third-order valence-electron chi connectivity index (χ3n) is 3.46. The molecule has 0 fully saturated rings. The highest BCUT2D eigenvalue weighted by atomic mass is 35.5. The molecular weight excluding hydrogens is 295 g/mol. The van der Waals surface area contributed by atoms with Gasteiger partial charge in [-0.25, -0.2) is 0 Å². The Morgan fingerprint density at radius 3 is 2.52 bits per heavy atom. The van der Waals surface area contributed by atoms with Crippen molar-refractivity contribution in [3.8, 4) is 0 Å². The Hall–Kier alpha value is -2.14. The molecule has 0 amide bonds. The third-order valence-corrected chi connectivity index (χ3v) is 3.81. The van der Waals surface area contributed by atoms with Crippen molar-refractivity contribution < 1.29 is 9.31 Å². The summed E-state index contributed by atoms with van der Waals surface area (Å²) in [5, 5.41) is 11.7. The van der Waals surface area contributed by atoms with Crippen LogP contribution in [0.1, 0.15) is 18.5 Å². The zero-order valence-electron chi connectivity index (χ0n) is 11.6. The van der Waals surface area contributed by atoms with E-state index in [1.807, 2.05) is 25.1 Å². The Morgan fingerprint density at radius 2 is 1.90 bits per heavy atom. The van der Waals surface area contributed by atoms with E-state index < -0.39 is 16.4 Å². The smallest absolute Gasteiger partial charge is 0.327 e. The van der Waals surface area contributed by atoms with Gasteiger partial charge in [0.1, 0.15) is 5.69 Å². The first-order valence-corrected chi connectivity index (χ1v) is 6.71. The van der Waals surface area contributed by atoms with Crippen LogP contribution in [0, 0.1) is 15.9 Å². The van der Waals surface area contributed by atoms with Gasteiger partial charge in [0.25, 0.3) is 0 Å². The lowest BCUT2D eigenvalue weighted by atomic mass is 10.1. The van der Waals surface area contributed by atoms with Crippen molar-refractivity contribution in [3.05, 3.63) is 69.0 Å². The van der Waals surface area contributed by atoms with Gasteiger partial charge in [0.15, 0.2) is 0 Å². The fourth-order valence-electron chi connectivity index (χ4n) is 2.20. The SMILES string of the molecule is CC(c1ccccc1Cl)N(C)c1cccc(F)c1[N+](=O)[O-]. The number of nitro benzene ring substituents is 1. The van der Waals surface area contributed by atoms with E-state index in [0.717, 1.165) is 11.6 Å². The summed E-state index contributed by atoms with van der Waals surface area (Å²) in [6, 6.07) is 11.1.